The summed E-state index contributed by atoms with van der Waals surface area (Å²) in [5.41, 5.74) is 2.71. The van der Waals surface area contributed by atoms with Crippen molar-refractivity contribution in [1.29, 1.82) is 0 Å². The zero-order chi connectivity index (χ0) is 18.6. The first-order valence-electron chi connectivity index (χ1n) is 9.80. The molecule has 0 spiro atoms. The second-order valence-electron chi connectivity index (χ2n) is 8.28. The van der Waals surface area contributed by atoms with Gasteiger partial charge in [0.25, 0.3) is 0 Å². The number of hydrogen-bond donors (Lipinski definition) is 1. The number of nitrogens with one attached hydrogen (secondary N) is 1. The first-order chi connectivity index (χ1) is 12.5. The Hall–Kier alpha value is -1.59. The molecular formula is C21H33N3O2. The number of carbonyl (C=O) groups excluding carboxylic acids is 1. The van der Waals surface area contributed by atoms with Crippen molar-refractivity contribution in [3.8, 4) is 0 Å². The van der Waals surface area contributed by atoms with Crippen LogP contribution in [0.4, 0.5) is 4.79 Å². The number of methoxy groups -OCH3 is 1. The molecule has 1 N–H and O–H groups in total. The number of ether oxygens (including phenoxy) is 1. The molecule has 0 radical (unpaired) electrons. The van der Waals surface area contributed by atoms with Crippen LogP contribution in [0.15, 0.2) is 24.3 Å². The van der Waals surface area contributed by atoms with Gasteiger partial charge in [-0.2, -0.15) is 0 Å². The average Bonchev–Trinajstić information content (AvgIpc) is 3.07. The van der Waals surface area contributed by atoms with Gasteiger partial charge >= 0.3 is 6.03 Å². The maximum absolute atomic E-state index is 12.8. The summed E-state index contributed by atoms with van der Waals surface area (Å²) in [5, 5.41) is 3.19. The van der Waals surface area contributed by atoms with Gasteiger partial charge < -0.3 is 19.9 Å². The van der Waals surface area contributed by atoms with Crippen LogP contribution in [-0.2, 0) is 11.3 Å². The molecule has 5 nitrogen and oxygen atoms in total. The highest BCUT2D eigenvalue weighted by molar-refractivity contribution is 5.75. The minimum atomic E-state index is 0.0762. The molecule has 5 heteroatoms. The molecule has 1 aliphatic heterocycles. The molecule has 2 fully saturated rings. The van der Waals surface area contributed by atoms with Crippen LogP contribution in [-0.4, -0.2) is 56.7 Å². The molecule has 2 amide bonds. The Morgan fingerprint density at radius 2 is 2.00 bits per heavy atom. The summed E-state index contributed by atoms with van der Waals surface area (Å²) in [4.78, 5) is 17.0. The number of benzene rings is 1. The van der Waals surface area contributed by atoms with Crippen molar-refractivity contribution in [1.82, 2.24) is 15.1 Å². The lowest BCUT2D eigenvalue weighted by Crippen LogP contribution is -2.48. The van der Waals surface area contributed by atoms with Gasteiger partial charge in [-0.25, -0.2) is 4.79 Å². The topological polar surface area (TPSA) is 44.8 Å². The van der Waals surface area contributed by atoms with Gasteiger partial charge in [-0.05, 0) is 50.9 Å². The first kappa shape index (κ1) is 19.2. The van der Waals surface area contributed by atoms with Crippen LogP contribution >= 0.6 is 0 Å². The fraction of sp³-hybridized carbons (Fsp3) is 0.667. The van der Waals surface area contributed by atoms with Gasteiger partial charge in [0.05, 0.1) is 12.6 Å². The van der Waals surface area contributed by atoms with E-state index in [1.54, 1.807) is 7.11 Å². The third kappa shape index (κ3) is 4.38. The van der Waals surface area contributed by atoms with Crippen molar-refractivity contribution in [2.75, 3.05) is 40.9 Å². The van der Waals surface area contributed by atoms with Crippen LogP contribution in [0.1, 0.15) is 49.3 Å². The Kier molecular flexibility index (Phi) is 6.20. The van der Waals surface area contributed by atoms with E-state index in [1.807, 2.05) is 4.90 Å². The number of likely N-dealkylation sites (tertiary alicyclic amines) is 1. The van der Waals surface area contributed by atoms with E-state index in [0.717, 1.165) is 51.9 Å². The summed E-state index contributed by atoms with van der Waals surface area (Å²) in [7, 11) is 5.91. The minimum absolute atomic E-state index is 0.0762. The van der Waals surface area contributed by atoms with Crippen LogP contribution in [0.5, 0.6) is 0 Å². The van der Waals surface area contributed by atoms with Crippen LogP contribution < -0.4 is 5.32 Å². The summed E-state index contributed by atoms with van der Waals surface area (Å²) in [6.45, 7) is 3.25. The number of hydrogen-bond acceptors (Lipinski definition) is 3. The zero-order valence-corrected chi connectivity index (χ0v) is 16.5. The quantitative estimate of drug-likeness (QED) is 0.811. The Labute approximate surface area is 157 Å². The summed E-state index contributed by atoms with van der Waals surface area (Å²) < 4.78 is 5.37. The molecule has 1 heterocycles. The maximum Gasteiger partial charge on any atom is 0.317 e. The van der Waals surface area contributed by atoms with Crippen molar-refractivity contribution in [2.24, 2.45) is 5.41 Å². The fourth-order valence-corrected chi connectivity index (χ4v) is 4.29. The van der Waals surface area contributed by atoms with Gasteiger partial charge in [-0.3, -0.25) is 0 Å². The second kappa shape index (κ2) is 8.40. The van der Waals surface area contributed by atoms with E-state index in [0.29, 0.717) is 0 Å². The highest BCUT2D eigenvalue weighted by Gasteiger charge is 2.38. The van der Waals surface area contributed by atoms with Crippen molar-refractivity contribution >= 4 is 6.03 Å². The number of amides is 2. The highest BCUT2D eigenvalue weighted by atomic mass is 16.5. The van der Waals surface area contributed by atoms with Crippen LogP contribution in [0, 0.1) is 5.41 Å². The molecule has 1 saturated heterocycles. The molecule has 3 rings (SSSR count). The summed E-state index contributed by atoms with van der Waals surface area (Å²) in [6.07, 6.45) is 5.66. The van der Waals surface area contributed by atoms with E-state index in [9.17, 15) is 4.79 Å². The van der Waals surface area contributed by atoms with E-state index in [-0.39, 0.29) is 17.5 Å². The molecule has 1 aromatic carbocycles. The zero-order valence-electron chi connectivity index (χ0n) is 16.5. The predicted octanol–water partition coefficient (Wildman–Crippen LogP) is 3.41. The Balaban J connectivity index is 1.59. The lowest BCUT2D eigenvalue weighted by Gasteiger charge is -2.41. The third-order valence-corrected chi connectivity index (χ3v) is 5.86. The normalized spacial score (nSPS) is 21.7. The van der Waals surface area contributed by atoms with Gasteiger partial charge in [-0.1, -0.05) is 30.7 Å². The number of nitrogens with zero attached hydrogens (tertiary/aromatic N) is 2. The van der Waals surface area contributed by atoms with Gasteiger partial charge in [0.1, 0.15) is 0 Å². The van der Waals surface area contributed by atoms with Gasteiger partial charge in [-0.15, -0.1) is 0 Å². The van der Waals surface area contributed by atoms with Crippen molar-refractivity contribution < 1.29 is 9.53 Å². The Morgan fingerprint density at radius 3 is 2.58 bits per heavy atom. The Bertz CT molecular complexity index is 596. The van der Waals surface area contributed by atoms with E-state index in [1.165, 1.54) is 17.5 Å². The van der Waals surface area contributed by atoms with Crippen LogP contribution in [0.3, 0.4) is 0 Å². The van der Waals surface area contributed by atoms with Crippen LogP contribution in [0.25, 0.3) is 0 Å². The number of carbonyl (C=O) groups is 1. The molecule has 144 valence electrons. The largest absolute Gasteiger partial charge is 0.384 e. The van der Waals surface area contributed by atoms with Crippen molar-refractivity contribution in [3.05, 3.63) is 35.4 Å². The van der Waals surface area contributed by atoms with Crippen molar-refractivity contribution in [2.45, 2.75) is 44.7 Å². The van der Waals surface area contributed by atoms with E-state index in [4.69, 9.17) is 4.74 Å². The first-order valence-corrected chi connectivity index (χ1v) is 9.80. The number of urea groups is 1. The molecule has 2 aliphatic rings. The van der Waals surface area contributed by atoms with E-state index < -0.39 is 0 Å². The monoisotopic (exact) mass is 359 g/mol. The molecule has 1 unspecified atom stereocenters. The molecule has 1 atom stereocenters. The second-order valence-corrected chi connectivity index (χ2v) is 8.28. The Morgan fingerprint density at radius 1 is 1.27 bits per heavy atom. The summed E-state index contributed by atoms with van der Waals surface area (Å²) in [5.74, 6) is 0. The SMILES string of the molecule is COCC1(CNC(=O)N2CCCC2c2ccc(CN(C)C)cc2)CCC1. The van der Waals surface area contributed by atoms with Gasteiger partial charge in [0.15, 0.2) is 0 Å². The maximum atomic E-state index is 12.8. The molecule has 0 aromatic heterocycles. The fourth-order valence-electron chi connectivity index (χ4n) is 4.29. The molecule has 1 aliphatic carbocycles. The summed E-state index contributed by atoms with van der Waals surface area (Å²) >= 11 is 0. The molecule has 1 saturated carbocycles. The number of rotatable bonds is 7. The smallest absolute Gasteiger partial charge is 0.317 e. The summed E-state index contributed by atoms with van der Waals surface area (Å²) in [6, 6.07) is 9.02. The predicted molar refractivity (Wildman–Crippen MR) is 104 cm³/mol. The van der Waals surface area contributed by atoms with Gasteiger partial charge in [0, 0.05) is 32.2 Å². The van der Waals surface area contributed by atoms with Gasteiger partial charge in [0.2, 0.25) is 0 Å². The van der Waals surface area contributed by atoms with Crippen molar-refractivity contribution in [3.63, 3.8) is 0 Å². The molecule has 0 bridgehead atoms. The standard InChI is InChI=1S/C21H33N3O2/c1-23(2)14-17-7-9-18(10-8-17)19-6-4-13-24(19)20(25)22-15-21(16-26-3)11-5-12-21/h7-10,19H,4-6,11-16H2,1-3H3,(H,22,25). The van der Waals surface area contributed by atoms with E-state index in [2.05, 4.69) is 48.6 Å². The minimum Gasteiger partial charge on any atom is -0.384 e. The third-order valence-electron chi connectivity index (χ3n) is 5.86. The van der Waals surface area contributed by atoms with E-state index >= 15 is 0 Å². The lowest BCUT2D eigenvalue weighted by molar-refractivity contribution is 0.0189. The highest BCUT2D eigenvalue weighted by Crippen LogP contribution is 2.40. The molecule has 1 aromatic rings. The van der Waals surface area contributed by atoms with Crippen LogP contribution in [0.2, 0.25) is 0 Å². The molecular weight excluding hydrogens is 326 g/mol. The lowest BCUT2D eigenvalue weighted by atomic mass is 9.69. The molecule has 26 heavy (non-hydrogen) atoms. The average molecular weight is 360 g/mol.